The number of aromatic nitrogens is 2. The number of esters is 1. The number of rotatable bonds is 11. The molecule has 1 N–H and O–H groups in total. The van der Waals surface area contributed by atoms with Crippen LogP contribution in [0.1, 0.15) is 64.8 Å². The van der Waals surface area contributed by atoms with Crippen LogP contribution >= 0.6 is 0 Å². The molecule has 4 rings (SSSR count). The quantitative estimate of drug-likeness (QED) is 0.261. The largest absolute Gasteiger partial charge is 0.459 e. The summed E-state index contributed by atoms with van der Waals surface area (Å²) in [6, 6.07) is 5.92. The third kappa shape index (κ3) is 6.98. The molecule has 0 aliphatic carbocycles. The Balaban J connectivity index is 1.57. The summed E-state index contributed by atoms with van der Waals surface area (Å²) in [5.74, 6) is 1.21. The highest BCUT2D eigenvalue weighted by Crippen LogP contribution is 2.28. The number of ether oxygens (including phenoxy) is 3. The molecule has 8 nitrogen and oxygen atoms in total. The number of hydrogen-bond donors (Lipinski definition) is 1. The second kappa shape index (κ2) is 13.3. The summed E-state index contributed by atoms with van der Waals surface area (Å²) in [6.45, 7) is 11.5. The molecule has 2 unspecified atom stereocenters. The summed E-state index contributed by atoms with van der Waals surface area (Å²) in [6.07, 6.45) is 7.25. The van der Waals surface area contributed by atoms with E-state index < -0.39 is 0 Å². The van der Waals surface area contributed by atoms with Crippen molar-refractivity contribution in [3.63, 3.8) is 0 Å². The van der Waals surface area contributed by atoms with E-state index in [1.807, 2.05) is 32.9 Å². The van der Waals surface area contributed by atoms with Gasteiger partial charge < -0.3 is 24.1 Å². The van der Waals surface area contributed by atoms with E-state index in [-0.39, 0.29) is 23.9 Å². The highest BCUT2D eigenvalue weighted by atomic mass is 16.6. The first kappa shape index (κ1) is 28.2. The summed E-state index contributed by atoms with van der Waals surface area (Å²) in [5.41, 5.74) is 4.65. The van der Waals surface area contributed by atoms with Crippen LogP contribution in [0.25, 0.3) is 16.6 Å². The minimum Gasteiger partial charge on any atom is -0.459 e. The van der Waals surface area contributed by atoms with Gasteiger partial charge in [-0.2, -0.15) is 0 Å². The SMILES string of the molecule is C/C=C(\C=C(\C)C(C)=O)c1nc2cc(CNC(CC)C(=O)OC3CCOC3)ccc2n1CC1CCOCC1. The third-order valence-corrected chi connectivity index (χ3v) is 7.51. The Hall–Kier alpha value is -2.81. The first-order chi connectivity index (χ1) is 18.4. The molecule has 0 amide bonds. The van der Waals surface area contributed by atoms with Crippen LogP contribution in [0.2, 0.25) is 0 Å². The molecule has 0 saturated carbocycles. The average Bonchev–Trinajstić information content (AvgIpc) is 3.55. The number of nitrogens with zero attached hydrogens (tertiary/aromatic N) is 2. The van der Waals surface area contributed by atoms with Gasteiger partial charge in [0.25, 0.3) is 0 Å². The van der Waals surface area contributed by atoms with Gasteiger partial charge in [0.15, 0.2) is 5.78 Å². The van der Waals surface area contributed by atoms with Crippen LogP contribution in [0, 0.1) is 5.92 Å². The number of benzene rings is 1. The summed E-state index contributed by atoms with van der Waals surface area (Å²) in [5, 5.41) is 3.36. The van der Waals surface area contributed by atoms with Gasteiger partial charge in [-0.1, -0.05) is 19.1 Å². The molecule has 0 bridgehead atoms. The van der Waals surface area contributed by atoms with E-state index in [0.29, 0.717) is 37.7 Å². The van der Waals surface area contributed by atoms with Crippen molar-refractivity contribution in [1.29, 1.82) is 0 Å². The minimum atomic E-state index is -0.373. The molecule has 1 aromatic carbocycles. The molecule has 2 aliphatic heterocycles. The van der Waals surface area contributed by atoms with E-state index in [0.717, 1.165) is 67.0 Å². The predicted octanol–water partition coefficient (Wildman–Crippen LogP) is 4.60. The Bertz CT molecular complexity index is 1190. The van der Waals surface area contributed by atoms with Crippen molar-refractivity contribution < 1.29 is 23.8 Å². The van der Waals surface area contributed by atoms with Gasteiger partial charge in [0.2, 0.25) is 0 Å². The number of hydrogen-bond acceptors (Lipinski definition) is 7. The van der Waals surface area contributed by atoms with Gasteiger partial charge in [-0.15, -0.1) is 0 Å². The zero-order chi connectivity index (χ0) is 27.1. The van der Waals surface area contributed by atoms with Gasteiger partial charge in [-0.25, -0.2) is 4.98 Å². The van der Waals surface area contributed by atoms with Gasteiger partial charge in [0.05, 0.1) is 24.2 Å². The second-order valence-electron chi connectivity index (χ2n) is 10.3. The fourth-order valence-corrected chi connectivity index (χ4v) is 4.98. The van der Waals surface area contributed by atoms with Crippen LogP contribution < -0.4 is 5.32 Å². The molecule has 1 aromatic heterocycles. The van der Waals surface area contributed by atoms with Crippen molar-refractivity contribution in [3.05, 3.63) is 47.3 Å². The van der Waals surface area contributed by atoms with Crippen molar-refractivity contribution in [2.24, 2.45) is 5.92 Å². The van der Waals surface area contributed by atoms with Gasteiger partial charge >= 0.3 is 5.97 Å². The maximum atomic E-state index is 12.6. The fourth-order valence-electron chi connectivity index (χ4n) is 4.98. The number of Topliss-reactive ketones (excluding diaryl/α,β-unsaturated/α-hetero) is 1. The molecule has 0 radical (unpaired) electrons. The number of ketones is 1. The number of fused-ring (bicyclic) bond motifs is 1. The Morgan fingerprint density at radius 1 is 1.18 bits per heavy atom. The Kier molecular flexibility index (Phi) is 9.88. The molecule has 3 heterocycles. The van der Waals surface area contributed by atoms with Crippen molar-refractivity contribution in [2.75, 3.05) is 26.4 Å². The van der Waals surface area contributed by atoms with E-state index in [4.69, 9.17) is 19.2 Å². The van der Waals surface area contributed by atoms with Crippen molar-refractivity contribution in [3.8, 4) is 0 Å². The molecule has 2 fully saturated rings. The van der Waals surface area contributed by atoms with E-state index in [1.54, 1.807) is 6.92 Å². The second-order valence-corrected chi connectivity index (χ2v) is 10.3. The van der Waals surface area contributed by atoms with E-state index in [2.05, 4.69) is 28.1 Å². The Morgan fingerprint density at radius 2 is 1.95 bits per heavy atom. The topological polar surface area (TPSA) is 91.7 Å². The Labute approximate surface area is 225 Å². The van der Waals surface area contributed by atoms with Gasteiger partial charge in [-0.3, -0.25) is 9.59 Å². The van der Waals surface area contributed by atoms with E-state index in [9.17, 15) is 9.59 Å². The maximum absolute atomic E-state index is 12.6. The lowest BCUT2D eigenvalue weighted by molar-refractivity contribution is -0.151. The summed E-state index contributed by atoms with van der Waals surface area (Å²) < 4.78 is 18.8. The molecule has 2 saturated heterocycles. The van der Waals surface area contributed by atoms with Gasteiger partial charge in [0, 0.05) is 38.3 Å². The Morgan fingerprint density at radius 3 is 2.61 bits per heavy atom. The normalized spacial score (nSPS) is 20.2. The molecule has 2 aliphatic rings. The summed E-state index contributed by atoms with van der Waals surface area (Å²) in [4.78, 5) is 29.7. The van der Waals surface area contributed by atoms with Gasteiger partial charge in [0.1, 0.15) is 18.0 Å². The molecule has 2 aromatic rings. The zero-order valence-corrected chi connectivity index (χ0v) is 23.1. The number of allylic oxidation sites excluding steroid dienone is 4. The van der Waals surface area contributed by atoms with E-state index >= 15 is 0 Å². The zero-order valence-electron chi connectivity index (χ0n) is 23.1. The van der Waals surface area contributed by atoms with Crippen LogP contribution in [0.4, 0.5) is 0 Å². The average molecular weight is 524 g/mol. The van der Waals surface area contributed by atoms with Crippen LogP contribution in [0.3, 0.4) is 0 Å². The molecule has 8 heteroatoms. The predicted molar refractivity (Wildman–Crippen MR) is 148 cm³/mol. The highest BCUT2D eigenvalue weighted by molar-refractivity contribution is 5.96. The van der Waals surface area contributed by atoms with Crippen LogP contribution in [-0.2, 0) is 36.9 Å². The third-order valence-electron chi connectivity index (χ3n) is 7.51. The lowest BCUT2D eigenvalue weighted by atomic mass is 10.00. The highest BCUT2D eigenvalue weighted by Gasteiger charge is 2.25. The molecular weight excluding hydrogens is 482 g/mol. The fraction of sp³-hybridized carbons (Fsp3) is 0.567. The lowest BCUT2D eigenvalue weighted by Gasteiger charge is -2.23. The number of imidazole rings is 1. The van der Waals surface area contributed by atoms with Crippen LogP contribution in [-0.4, -0.2) is 59.9 Å². The summed E-state index contributed by atoms with van der Waals surface area (Å²) >= 11 is 0. The van der Waals surface area contributed by atoms with Crippen molar-refractivity contribution in [1.82, 2.24) is 14.9 Å². The smallest absolute Gasteiger partial charge is 0.323 e. The monoisotopic (exact) mass is 523 g/mol. The minimum absolute atomic E-state index is 0.0502. The number of carbonyl (C=O) groups excluding carboxylic acids is 2. The molecule has 206 valence electrons. The van der Waals surface area contributed by atoms with Crippen molar-refractivity contribution in [2.45, 2.75) is 78.6 Å². The first-order valence-electron chi connectivity index (χ1n) is 13.8. The van der Waals surface area contributed by atoms with Crippen LogP contribution in [0.15, 0.2) is 35.9 Å². The number of carbonyl (C=O) groups is 2. The van der Waals surface area contributed by atoms with Crippen LogP contribution in [0.5, 0.6) is 0 Å². The summed E-state index contributed by atoms with van der Waals surface area (Å²) in [7, 11) is 0. The van der Waals surface area contributed by atoms with E-state index in [1.165, 1.54) is 0 Å². The molecule has 0 spiro atoms. The molecule has 2 atom stereocenters. The molecular formula is C30H41N3O5. The lowest BCUT2D eigenvalue weighted by Crippen LogP contribution is -2.39. The van der Waals surface area contributed by atoms with Crippen molar-refractivity contribution >= 4 is 28.4 Å². The standard InChI is InChI=1S/C30H41N3O5/c1-5-24(15-20(3)21(4)34)29-32-27-16-23(7-8-28(27)33(29)18-22-9-12-36-13-10-22)17-31-26(6-2)30(35)38-25-11-14-37-19-25/h5,7-8,15-16,22,25-26,31H,6,9-14,17-19H2,1-4H3/b20-15-,24-5+. The molecule has 38 heavy (non-hydrogen) atoms. The first-order valence-corrected chi connectivity index (χ1v) is 13.8. The number of nitrogens with one attached hydrogen (secondary N) is 1. The maximum Gasteiger partial charge on any atom is 0.323 e. The van der Waals surface area contributed by atoms with Gasteiger partial charge in [-0.05, 0) is 75.3 Å².